The van der Waals surface area contributed by atoms with Crippen LogP contribution in [0.5, 0.6) is 0 Å². The van der Waals surface area contributed by atoms with Crippen LogP contribution in [-0.4, -0.2) is 32.2 Å². The molecule has 0 aromatic rings. The van der Waals surface area contributed by atoms with Crippen molar-refractivity contribution in [3.63, 3.8) is 0 Å². The Kier molecular flexibility index (Phi) is 6.42. The van der Waals surface area contributed by atoms with E-state index in [2.05, 4.69) is 12.2 Å². The number of carbonyl (C=O) groups is 1. The van der Waals surface area contributed by atoms with Gasteiger partial charge in [0.1, 0.15) is 0 Å². The first-order chi connectivity index (χ1) is 7.77. The van der Waals surface area contributed by atoms with Crippen LogP contribution < -0.4 is 11.1 Å². The normalized spacial score (nSPS) is 22.0. The van der Waals surface area contributed by atoms with Crippen molar-refractivity contribution in [2.24, 2.45) is 17.6 Å². The molecule has 1 rings (SSSR count). The number of rotatable bonds is 7. The van der Waals surface area contributed by atoms with E-state index >= 15 is 0 Å². The van der Waals surface area contributed by atoms with Crippen LogP contribution in [0.4, 0.5) is 0 Å². The Morgan fingerprint density at radius 2 is 2.44 bits per heavy atom. The maximum atomic E-state index is 11.7. The van der Waals surface area contributed by atoms with Crippen molar-refractivity contribution in [3.8, 4) is 0 Å². The highest BCUT2D eigenvalue weighted by Crippen LogP contribution is 2.15. The quantitative estimate of drug-likeness (QED) is 0.680. The first-order valence-corrected chi connectivity index (χ1v) is 6.33. The second-order valence-electron chi connectivity index (χ2n) is 4.53. The third-order valence-electron chi connectivity index (χ3n) is 3.17. The summed E-state index contributed by atoms with van der Waals surface area (Å²) in [5.74, 6) is 0.732. The molecule has 4 heteroatoms. The van der Waals surface area contributed by atoms with Gasteiger partial charge in [0.25, 0.3) is 0 Å². The van der Waals surface area contributed by atoms with Crippen LogP contribution in [0, 0.1) is 11.8 Å². The zero-order chi connectivity index (χ0) is 11.8. The molecular formula is C12H24N2O2. The largest absolute Gasteiger partial charge is 0.381 e. The van der Waals surface area contributed by atoms with Gasteiger partial charge in [-0.25, -0.2) is 0 Å². The second-order valence-corrected chi connectivity index (χ2v) is 4.53. The van der Waals surface area contributed by atoms with Crippen molar-refractivity contribution >= 4 is 5.91 Å². The average molecular weight is 228 g/mol. The second kappa shape index (κ2) is 7.63. The molecule has 0 aromatic carbocycles. The number of ether oxygens (including phenoxy) is 1. The molecule has 0 aliphatic carbocycles. The van der Waals surface area contributed by atoms with Crippen LogP contribution in [0.1, 0.15) is 32.6 Å². The lowest BCUT2D eigenvalue weighted by atomic mass is 10.0. The number of amides is 1. The van der Waals surface area contributed by atoms with E-state index < -0.39 is 0 Å². The fourth-order valence-electron chi connectivity index (χ4n) is 2.06. The average Bonchev–Trinajstić information content (AvgIpc) is 2.78. The smallest absolute Gasteiger partial charge is 0.224 e. The first kappa shape index (κ1) is 13.5. The highest BCUT2D eigenvalue weighted by molar-refractivity contribution is 5.78. The lowest BCUT2D eigenvalue weighted by Crippen LogP contribution is -2.36. The van der Waals surface area contributed by atoms with E-state index in [1.54, 1.807) is 0 Å². The molecule has 1 aliphatic heterocycles. The van der Waals surface area contributed by atoms with E-state index in [-0.39, 0.29) is 11.8 Å². The van der Waals surface area contributed by atoms with Crippen LogP contribution in [0.3, 0.4) is 0 Å². The molecule has 1 saturated heterocycles. The summed E-state index contributed by atoms with van der Waals surface area (Å²) >= 11 is 0. The molecule has 0 spiro atoms. The summed E-state index contributed by atoms with van der Waals surface area (Å²) in [4.78, 5) is 11.7. The Morgan fingerprint density at radius 1 is 1.62 bits per heavy atom. The van der Waals surface area contributed by atoms with Crippen LogP contribution in [0.2, 0.25) is 0 Å². The molecule has 94 valence electrons. The van der Waals surface area contributed by atoms with Crippen molar-refractivity contribution < 1.29 is 9.53 Å². The SMILES string of the molecule is CCCC(CN)C(=O)NCCC1CCOC1. The van der Waals surface area contributed by atoms with Crippen LogP contribution in [0.15, 0.2) is 0 Å². The van der Waals surface area contributed by atoms with Crippen molar-refractivity contribution in [2.45, 2.75) is 32.6 Å². The Bertz CT molecular complexity index is 203. The summed E-state index contributed by atoms with van der Waals surface area (Å²) in [6.07, 6.45) is 4.04. The van der Waals surface area contributed by atoms with Gasteiger partial charge in [-0.3, -0.25) is 4.79 Å². The number of nitrogens with two attached hydrogens (primary N) is 1. The zero-order valence-electron chi connectivity index (χ0n) is 10.2. The lowest BCUT2D eigenvalue weighted by molar-refractivity contribution is -0.124. The Balaban J connectivity index is 2.12. The van der Waals surface area contributed by atoms with Gasteiger partial charge in [-0.15, -0.1) is 0 Å². The van der Waals surface area contributed by atoms with Gasteiger partial charge in [-0.1, -0.05) is 13.3 Å². The van der Waals surface area contributed by atoms with E-state index in [1.807, 2.05) is 0 Å². The molecule has 0 aromatic heterocycles. The standard InChI is InChI=1S/C12H24N2O2/c1-2-3-11(8-13)12(15)14-6-4-10-5-7-16-9-10/h10-11H,2-9,13H2,1H3,(H,14,15). The van der Waals surface area contributed by atoms with Crippen LogP contribution in [-0.2, 0) is 9.53 Å². The third kappa shape index (κ3) is 4.49. The minimum atomic E-state index is -0.00942. The lowest BCUT2D eigenvalue weighted by Gasteiger charge is -2.14. The van der Waals surface area contributed by atoms with Gasteiger partial charge in [0.2, 0.25) is 5.91 Å². The van der Waals surface area contributed by atoms with Crippen LogP contribution in [0.25, 0.3) is 0 Å². The predicted molar refractivity (Wildman–Crippen MR) is 64.0 cm³/mol. The molecule has 2 unspecified atom stereocenters. The number of hydrogen-bond acceptors (Lipinski definition) is 3. The van der Waals surface area contributed by atoms with E-state index in [0.717, 1.165) is 45.4 Å². The molecular weight excluding hydrogens is 204 g/mol. The Hall–Kier alpha value is -0.610. The summed E-state index contributed by atoms with van der Waals surface area (Å²) < 4.78 is 5.29. The van der Waals surface area contributed by atoms with E-state index in [1.165, 1.54) is 0 Å². The summed E-state index contributed by atoms with van der Waals surface area (Å²) in [7, 11) is 0. The molecule has 1 aliphatic rings. The van der Waals surface area contributed by atoms with Crippen molar-refractivity contribution in [1.82, 2.24) is 5.32 Å². The van der Waals surface area contributed by atoms with Gasteiger partial charge < -0.3 is 15.8 Å². The maximum absolute atomic E-state index is 11.7. The highest BCUT2D eigenvalue weighted by atomic mass is 16.5. The molecule has 16 heavy (non-hydrogen) atoms. The minimum absolute atomic E-state index is 0.00942. The summed E-state index contributed by atoms with van der Waals surface area (Å²) in [5, 5.41) is 2.97. The molecule has 1 fully saturated rings. The maximum Gasteiger partial charge on any atom is 0.224 e. The summed E-state index contributed by atoms with van der Waals surface area (Å²) in [6.45, 7) is 5.01. The van der Waals surface area contributed by atoms with Gasteiger partial charge in [-0.05, 0) is 25.2 Å². The molecule has 0 bridgehead atoms. The molecule has 1 heterocycles. The molecule has 1 amide bonds. The summed E-state index contributed by atoms with van der Waals surface area (Å²) in [6, 6.07) is 0. The predicted octanol–water partition coefficient (Wildman–Crippen LogP) is 0.904. The monoisotopic (exact) mass is 228 g/mol. The molecule has 2 atom stereocenters. The van der Waals surface area contributed by atoms with Crippen molar-refractivity contribution in [3.05, 3.63) is 0 Å². The topological polar surface area (TPSA) is 64.4 Å². The molecule has 4 nitrogen and oxygen atoms in total. The van der Waals surface area contributed by atoms with Gasteiger partial charge in [-0.2, -0.15) is 0 Å². The van der Waals surface area contributed by atoms with Gasteiger partial charge in [0.05, 0.1) is 5.92 Å². The molecule has 3 N–H and O–H groups in total. The van der Waals surface area contributed by atoms with Crippen molar-refractivity contribution in [2.75, 3.05) is 26.3 Å². The molecule has 0 radical (unpaired) electrons. The van der Waals surface area contributed by atoms with Crippen LogP contribution >= 0.6 is 0 Å². The van der Waals surface area contributed by atoms with E-state index in [0.29, 0.717) is 12.5 Å². The van der Waals surface area contributed by atoms with Gasteiger partial charge in [0, 0.05) is 26.3 Å². The third-order valence-corrected chi connectivity index (χ3v) is 3.17. The zero-order valence-corrected chi connectivity index (χ0v) is 10.2. The first-order valence-electron chi connectivity index (χ1n) is 6.33. The molecule has 0 saturated carbocycles. The number of carbonyl (C=O) groups excluding carboxylic acids is 1. The van der Waals surface area contributed by atoms with Gasteiger partial charge >= 0.3 is 0 Å². The fourth-order valence-corrected chi connectivity index (χ4v) is 2.06. The van der Waals surface area contributed by atoms with E-state index in [4.69, 9.17) is 10.5 Å². The number of hydrogen-bond donors (Lipinski definition) is 2. The Labute approximate surface area is 97.9 Å². The Morgan fingerprint density at radius 3 is 3.00 bits per heavy atom. The van der Waals surface area contributed by atoms with Crippen molar-refractivity contribution in [1.29, 1.82) is 0 Å². The van der Waals surface area contributed by atoms with E-state index in [9.17, 15) is 4.79 Å². The van der Waals surface area contributed by atoms with Gasteiger partial charge in [0.15, 0.2) is 0 Å². The fraction of sp³-hybridized carbons (Fsp3) is 0.917. The minimum Gasteiger partial charge on any atom is -0.381 e. The number of nitrogens with one attached hydrogen (secondary N) is 1. The highest BCUT2D eigenvalue weighted by Gasteiger charge is 2.18. The summed E-state index contributed by atoms with van der Waals surface area (Å²) in [5.41, 5.74) is 5.57.